The van der Waals surface area contributed by atoms with Crippen LogP contribution in [0.4, 0.5) is 11.4 Å². The maximum absolute atomic E-state index is 5.79. The molecule has 1 N–H and O–H groups in total. The lowest BCUT2D eigenvalue weighted by Crippen LogP contribution is -2.27. The maximum Gasteiger partial charge on any atom is 0.119 e. The van der Waals surface area contributed by atoms with Crippen LogP contribution >= 0.6 is 15.9 Å². The van der Waals surface area contributed by atoms with Gasteiger partial charge in [-0.3, -0.25) is 0 Å². The van der Waals surface area contributed by atoms with Crippen LogP contribution in [0.1, 0.15) is 13.8 Å². The van der Waals surface area contributed by atoms with Crippen molar-refractivity contribution >= 4 is 27.3 Å². The summed E-state index contributed by atoms with van der Waals surface area (Å²) in [7, 11) is 0. The fraction of sp³-hybridized carbons (Fsp3) is 0.333. The molecule has 0 aromatic heterocycles. The molecular formula is C18H23BrN2O. The Bertz CT molecular complexity index is 550. The fourth-order valence-corrected chi connectivity index (χ4v) is 2.43. The number of hydrogen-bond acceptors (Lipinski definition) is 3. The predicted molar refractivity (Wildman–Crippen MR) is 97.1 cm³/mol. The van der Waals surface area contributed by atoms with Crippen molar-refractivity contribution in [2.45, 2.75) is 13.8 Å². The van der Waals surface area contributed by atoms with Gasteiger partial charge >= 0.3 is 0 Å². The van der Waals surface area contributed by atoms with Crippen molar-refractivity contribution in [2.24, 2.45) is 0 Å². The molecule has 0 amide bonds. The Kier molecular flexibility index (Phi) is 6.74. The van der Waals surface area contributed by atoms with Crippen LogP contribution < -0.4 is 10.1 Å². The molecule has 0 aliphatic heterocycles. The summed E-state index contributed by atoms with van der Waals surface area (Å²) in [5, 5.41) is 3.37. The van der Waals surface area contributed by atoms with E-state index < -0.39 is 0 Å². The summed E-state index contributed by atoms with van der Waals surface area (Å²) < 4.78 is 6.86. The molecule has 118 valence electrons. The van der Waals surface area contributed by atoms with E-state index in [1.165, 1.54) is 0 Å². The van der Waals surface area contributed by atoms with Crippen molar-refractivity contribution in [2.75, 3.05) is 31.6 Å². The van der Waals surface area contributed by atoms with E-state index in [9.17, 15) is 0 Å². The molecule has 0 radical (unpaired) electrons. The van der Waals surface area contributed by atoms with Gasteiger partial charge in [-0.15, -0.1) is 0 Å². The Morgan fingerprint density at radius 2 is 1.45 bits per heavy atom. The van der Waals surface area contributed by atoms with Gasteiger partial charge in [0.05, 0.1) is 0 Å². The second-order valence-electron chi connectivity index (χ2n) is 5.03. The number of anilines is 2. The molecule has 4 heteroatoms. The van der Waals surface area contributed by atoms with Crippen LogP contribution in [0.25, 0.3) is 0 Å². The largest absolute Gasteiger partial charge is 0.492 e. The van der Waals surface area contributed by atoms with Crippen LogP contribution in [0, 0.1) is 0 Å². The van der Waals surface area contributed by atoms with Crippen LogP contribution in [0.3, 0.4) is 0 Å². The summed E-state index contributed by atoms with van der Waals surface area (Å²) in [4.78, 5) is 2.35. The van der Waals surface area contributed by atoms with Crippen molar-refractivity contribution in [1.29, 1.82) is 0 Å². The lowest BCUT2D eigenvalue weighted by atomic mass is 10.2. The molecule has 0 unspecified atom stereocenters. The zero-order chi connectivity index (χ0) is 15.8. The van der Waals surface area contributed by atoms with Crippen LogP contribution in [0.15, 0.2) is 53.0 Å². The third-order valence-electron chi connectivity index (χ3n) is 3.56. The quantitative estimate of drug-likeness (QED) is 0.721. The van der Waals surface area contributed by atoms with Crippen molar-refractivity contribution in [3.63, 3.8) is 0 Å². The third-order valence-corrected chi connectivity index (χ3v) is 4.09. The monoisotopic (exact) mass is 362 g/mol. The summed E-state index contributed by atoms with van der Waals surface area (Å²) in [6, 6.07) is 16.2. The van der Waals surface area contributed by atoms with E-state index >= 15 is 0 Å². The highest BCUT2D eigenvalue weighted by Crippen LogP contribution is 2.21. The molecule has 0 heterocycles. The highest BCUT2D eigenvalue weighted by Gasteiger charge is 2.00. The molecule has 0 aliphatic carbocycles. The first-order valence-corrected chi connectivity index (χ1v) is 8.48. The Hall–Kier alpha value is -1.52. The third kappa shape index (κ3) is 5.35. The standard InChI is InChI=1S/C18H23BrN2O/c1-3-21(4-2)13-14-22-18-11-9-17(10-12-18)20-16-7-5-15(19)6-8-16/h5-12,20H,3-4,13-14H2,1-2H3. The Morgan fingerprint density at radius 1 is 0.909 bits per heavy atom. The van der Waals surface area contributed by atoms with Crippen LogP contribution in [-0.2, 0) is 0 Å². The number of benzene rings is 2. The van der Waals surface area contributed by atoms with Crippen molar-refractivity contribution in [3.05, 3.63) is 53.0 Å². The second kappa shape index (κ2) is 8.81. The van der Waals surface area contributed by atoms with E-state index in [2.05, 4.69) is 40.0 Å². The summed E-state index contributed by atoms with van der Waals surface area (Å²) >= 11 is 3.44. The molecule has 0 spiro atoms. The number of nitrogens with one attached hydrogen (secondary N) is 1. The minimum Gasteiger partial charge on any atom is -0.492 e. The van der Waals surface area contributed by atoms with Crippen LogP contribution in [-0.4, -0.2) is 31.1 Å². The Balaban J connectivity index is 1.83. The number of ether oxygens (including phenoxy) is 1. The van der Waals surface area contributed by atoms with Gasteiger partial charge < -0.3 is 15.0 Å². The first-order chi connectivity index (χ1) is 10.7. The molecule has 0 bridgehead atoms. The van der Waals surface area contributed by atoms with Gasteiger partial charge in [0, 0.05) is 22.4 Å². The summed E-state index contributed by atoms with van der Waals surface area (Å²) in [6.45, 7) is 8.16. The van der Waals surface area contributed by atoms with Gasteiger partial charge in [0.1, 0.15) is 12.4 Å². The molecule has 0 aliphatic rings. The zero-order valence-electron chi connectivity index (χ0n) is 13.2. The fourth-order valence-electron chi connectivity index (χ4n) is 2.17. The van der Waals surface area contributed by atoms with Crippen molar-refractivity contribution in [3.8, 4) is 5.75 Å². The Labute approximate surface area is 141 Å². The average Bonchev–Trinajstić information content (AvgIpc) is 2.55. The van der Waals surface area contributed by atoms with Gasteiger partial charge in [-0.25, -0.2) is 0 Å². The SMILES string of the molecule is CCN(CC)CCOc1ccc(Nc2ccc(Br)cc2)cc1. The van der Waals surface area contributed by atoms with Gasteiger partial charge in [0.25, 0.3) is 0 Å². The lowest BCUT2D eigenvalue weighted by molar-refractivity contribution is 0.223. The van der Waals surface area contributed by atoms with E-state index in [1.54, 1.807) is 0 Å². The summed E-state index contributed by atoms with van der Waals surface area (Å²) in [5.74, 6) is 0.911. The molecule has 2 aromatic carbocycles. The molecule has 3 nitrogen and oxygen atoms in total. The van der Waals surface area contributed by atoms with Gasteiger partial charge in [0.15, 0.2) is 0 Å². The highest BCUT2D eigenvalue weighted by atomic mass is 79.9. The molecule has 22 heavy (non-hydrogen) atoms. The van der Waals surface area contributed by atoms with E-state index in [0.29, 0.717) is 0 Å². The summed E-state index contributed by atoms with van der Waals surface area (Å²) in [5.41, 5.74) is 2.12. The maximum atomic E-state index is 5.79. The number of halogens is 1. The van der Waals surface area contributed by atoms with E-state index in [1.807, 2.05) is 48.5 Å². The molecule has 0 saturated heterocycles. The van der Waals surface area contributed by atoms with Gasteiger partial charge in [-0.05, 0) is 61.6 Å². The molecule has 2 rings (SSSR count). The predicted octanol–water partition coefficient (Wildman–Crippen LogP) is 4.91. The minimum atomic E-state index is 0.723. The minimum absolute atomic E-state index is 0.723. The van der Waals surface area contributed by atoms with E-state index in [4.69, 9.17) is 4.74 Å². The molecule has 0 atom stereocenters. The highest BCUT2D eigenvalue weighted by molar-refractivity contribution is 9.10. The van der Waals surface area contributed by atoms with Gasteiger partial charge in [-0.2, -0.15) is 0 Å². The van der Waals surface area contributed by atoms with Crippen LogP contribution in [0.2, 0.25) is 0 Å². The normalized spacial score (nSPS) is 10.7. The smallest absolute Gasteiger partial charge is 0.119 e. The summed E-state index contributed by atoms with van der Waals surface area (Å²) in [6.07, 6.45) is 0. The average molecular weight is 363 g/mol. The van der Waals surface area contributed by atoms with Crippen molar-refractivity contribution < 1.29 is 4.74 Å². The molecule has 0 fully saturated rings. The number of hydrogen-bond donors (Lipinski definition) is 1. The van der Waals surface area contributed by atoms with Gasteiger partial charge in [-0.1, -0.05) is 29.8 Å². The molecular weight excluding hydrogens is 340 g/mol. The number of rotatable bonds is 8. The molecule has 0 saturated carbocycles. The van der Waals surface area contributed by atoms with Crippen molar-refractivity contribution in [1.82, 2.24) is 4.90 Å². The first-order valence-electron chi connectivity index (χ1n) is 7.69. The Morgan fingerprint density at radius 3 is 2.00 bits per heavy atom. The van der Waals surface area contributed by atoms with E-state index in [0.717, 1.165) is 47.8 Å². The van der Waals surface area contributed by atoms with E-state index in [-0.39, 0.29) is 0 Å². The number of likely N-dealkylation sites (N-methyl/N-ethyl adjacent to an activating group) is 1. The van der Waals surface area contributed by atoms with Gasteiger partial charge in [0.2, 0.25) is 0 Å². The zero-order valence-corrected chi connectivity index (χ0v) is 14.8. The lowest BCUT2D eigenvalue weighted by Gasteiger charge is -2.18. The first kappa shape index (κ1) is 16.8. The van der Waals surface area contributed by atoms with Crippen LogP contribution in [0.5, 0.6) is 5.75 Å². The molecule has 2 aromatic rings. The number of nitrogens with zero attached hydrogens (tertiary/aromatic N) is 1. The second-order valence-corrected chi connectivity index (χ2v) is 5.95. The topological polar surface area (TPSA) is 24.5 Å².